The van der Waals surface area contributed by atoms with Gasteiger partial charge in [0.05, 0.1) is 34.5 Å². The second-order valence-electron chi connectivity index (χ2n) is 8.33. The van der Waals surface area contributed by atoms with E-state index in [1.54, 1.807) is 6.07 Å². The molecule has 212 valence electrons. The third-order valence-corrected chi connectivity index (χ3v) is 10.3. The molecule has 40 heavy (non-hydrogen) atoms. The molecule has 1 heterocycles. The lowest BCUT2D eigenvalue weighted by Crippen LogP contribution is -2.29. The molecule has 14 heteroatoms. The van der Waals surface area contributed by atoms with Crippen molar-refractivity contribution >= 4 is 56.5 Å². The van der Waals surface area contributed by atoms with Crippen LogP contribution in [0.25, 0.3) is 10.9 Å². The lowest BCUT2D eigenvalue weighted by Gasteiger charge is -2.21. The molecule has 0 saturated carbocycles. The summed E-state index contributed by atoms with van der Waals surface area (Å²) in [7, 11) is -9.46. The summed E-state index contributed by atoms with van der Waals surface area (Å²) in [5.41, 5.74) is -2.42. The van der Waals surface area contributed by atoms with Crippen molar-refractivity contribution in [3.05, 3.63) is 88.8 Å². The van der Waals surface area contributed by atoms with Crippen LogP contribution in [0, 0.1) is 5.82 Å². The minimum absolute atomic E-state index is 0.0247. The Labute approximate surface area is 231 Å². The van der Waals surface area contributed by atoms with E-state index in [1.165, 1.54) is 56.3 Å². The monoisotopic (exact) mass is 617 g/mol. The third kappa shape index (κ3) is 5.28. The minimum Gasteiger partial charge on any atom is -0.461 e. The van der Waals surface area contributed by atoms with Crippen molar-refractivity contribution < 1.29 is 44.6 Å². The maximum Gasteiger partial charge on any atom is 0.416 e. The van der Waals surface area contributed by atoms with Gasteiger partial charge in [0.1, 0.15) is 5.82 Å². The predicted octanol–water partition coefficient (Wildman–Crippen LogP) is 6.13. The number of carbonyl (C=O) groups excluding carboxylic acids is 1. The highest BCUT2D eigenvalue weighted by Gasteiger charge is 2.43. The van der Waals surface area contributed by atoms with Crippen molar-refractivity contribution in [1.82, 2.24) is 3.97 Å². The SMILES string of the molecule is CCOC(=O)c1c(P(=O)(OCC)c2cc(F)cc(C(F)(F)F)c2)c2cc(Cl)ccc2n1S(=O)(=O)c1ccccc1. The van der Waals surface area contributed by atoms with E-state index in [0.717, 1.165) is 0 Å². The molecule has 4 aromatic rings. The van der Waals surface area contributed by atoms with Gasteiger partial charge in [0.2, 0.25) is 0 Å². The summed E-state index contributed by atoms with van der Waals surface area (Å²) in [4.78, 5) is 13.2. The number of benzene rings is 3. The molecule has 4 rings (SSSR count). The molecule has 0 amide bonds. The fraction of sp³-hybridized carbons (Fsp3) is 0.192. The summed E-state index contributed by atoms with van der Waals surface area (Å²) in [6.07, 6.45) is -5.02. The minimum atomic E-state index is -5.02. The number of hydrogen-bond donors (Lipinski definition) is 0. The molecule has 0 spiro atoms. The van der Waals surface area contributed by atoms with Crippen LogP contribution >= 0.6 is 19.0 Å². The summed E-state index contributed by atoms with van der Waals surface area (Å²) >= 11 is 6.19. The number of fused-ring (bicyclic) bond motifs is 1. The molecule has 0 fully saturated rings. The number of halogens is 5. The number of aromatic nitrogens is 1. The normalized spacial score (nSPS) is 13.8. The van der Waals surface area contributed by atoms with Gasteiger partial charge in [-0.3, -0.25) is 4.57 Å². The first-order valence-electron chi connectivity index (χ1n) is 11.7. The van der Waals surface area contributed by atoms with Crippen LogP contribution in [-0.4, -0.2) is 31.6 Å². The van der Waals surface area contributed by atoms with Crippen molar-refractivity contribution in [1.29, 1.82) is 0 Å². The highest BCUT2D eigenvalue weighted by atomic mass is 35.5. The summed E-state index contributed by atoms with van der Waals surface area (Å²) in [6, 6.07) is 12.0. The molecule has 0 bridgehead atoms. The van der Waals surface area contributed by atoms with E-state index in [0.29, 0.717) is 16.1 Å². The van der Waals surface area contributed by atoms with Gasteiger partial charge >= 0.3 is 12.1 Å². The van der Waals surface area contributed by atoms with Gasteiger partial charge in [0.15, 0.2) is 5.69 Å². The average Bonchev–Trinajstić information content (AvgIpc) is 3.24. The first-order chi connectivity index (χ1) is 18.8. The molecular formula is C26H21ClF4NO6PS. The van der Waals surface area contributed by atoms with E-state index in [-0.39, 0.29) is 40.1 Å². The summed E-state index contributed by atoms with van der Waals surface area (Å²) < 4.78 is 109. The molecule has 1 unspecified atom stereocenters. The van der Waals surface area contributed by atoms with Crippen LogP contribution in [0.4, 0.5) is 17.6 Å². The second-order valence-corrected chi connectivity index (χ2v) is 12.9. The largest absolute Gasteiger partial charge is 0.461 e. The Kier molecular flexibility index (Phi) is 8.20. The highest BCUT2D eigenvalue weighted by Crippen LogP contribution is 2.50. The number of rotatable bonds is 8. The number of esters is 1. The van der Waals surface area contributed by atoms with Gasteiger partial charge in [0, 0.05) is 15.7 Å². The van der Waals surface area contributed by atoms with E-state index < -0.39 is 57.2 Å². The molecule has 7 nitrogen and oxygen atoms in total. The summed E-state index contributed by atoms with van der Waals surface area (Å²) in [5, 5.41) is -1.49. The third-order valence-electron chi connectivity index (χ3n) is 5.77. The van der Waals surface area contributed by atoms with Crippen LogP contribution in [0.3, 0.4) is 0 Å². The molecule has 0 aliphatic carbocycles. The molecule has 0 aliphatic heterocycles. The van der Waals surface area contributed by atoms with Crippen LogP contribution in [0.15, 0.2) is 71.6 Å². The quantitative estimate of drug-likeness (QED) is 0.134. The zero-order chi connectivity index (χ0) is 29.5. The van der Waals surface area contributed by atoms with Gasteiger partial charge in [-0.15, -0.1) is 0 Å². The number of alkyl halides is 3. The van der Waals surface area contributed by atoms with Crippen LogP contribution in [-0.2, 0) is 30.0 Å². The highest BCUT2D eigenvalue weighted by molar-refractivity contribution is 7.90. The van der Waals surface area contributed by atoms with Crippen LogP contribution in [0.2, 0.25) is 5.02 Å². The predicted molar refractivity (Wildman–Crippen MR) is 142 cm³/mol. The topological polar surface area (TPSA) is 91.7 Å². The van der Waals surface area contributed by atoms with Gasteiger partial charge in [-0.25, -0.2) is 21.6 Å². The van der Waals surface area contributed by atoms with Gasteiger partial charge < -0.3 is 9.26 Å². The van der Waals surface area contributed by atoms with E-state index in [1.807, 2.05) is 0 Å². The summed E-state index contributed by atoms with van der Waals surface area (Å²) in [5.74, 6) is -2.63. The molecule has 3 aromatic carbocycles. The first-order valence-corrected chi connectivity index (χ1v) is 15.1. The molecular weight excluding hydrogens is 597 g/mol. The van der Waals surface area contributed by atoms with Crippen LogP contribution in [0.1, 0.15) is 29.9 Å². The molecule has 0 radical (unpaired) electrons. The fourth-order valence-corrected chi connectivity index (χ4v) is 8.45. The standard InChI is InChI=1S/C26H21ClF4NO6PS/c1-3-37-25(33)23-24(39(34,38-4-2)19-13-16(26(29,30)31)12-18(28)15-19)21-14-17(27)10-11-22(21)32(23)40(35,36)20-8-6-5-7-9-20/h5-15H,3-4H2,1-2H3. The van der Waals surface area contributed by atoms with Gasteiger partial charge in [-0.2, -0.15) is 13.2 Å². The smallest absolute Gasteiger partial charge is 0.416 e. The van der Waals surface area contributed by atoms with E-state index in [4.69, 9.17) is 20.9 Å². The zero-order valence-electron chi connectivity index (χ0n) is 20.9. The average molecular weight is 618 g/mol. The molecule has 1 atom stereocenters. The first kappa shape index (κ1) is 29.8. The maximum absolute atomic E-state index is 14.8. The second kappa shape index (κ2) is 11.0. The van der Waals surface area contributed by atoms with Gasteiger partial charge in [-0.05, 0) is 62.4 Å². The van der Waals surface area contributed by atoms with E-state index in [2.05, 4.69) is 0 Å². The molecule has 0 aliphatic rings. The van der Waals surface area contributed by atoms with Crippen molar-refractivity contribution in [2.24, 2.45) is 0 Å². The molecule has 0 N–H and O–H groups in total. The van der Waals surface area contributed by atoms with Gasteiger partial charge in [0.25, 0.3) is 17.4 Å². The summed E-state index contributed by atoms with van der Waals surface area (Å²) in [6.45, 7) is 2.23. The number of carbonyl (C=O) groups is 1. The zero-order valence-corrected chi connectivity index (χ0v) is 23.4. The Hall–Kier alpha value is -3.18. The number of nitrogens with zero attached hydrogens (tertiary/aromatic N) is 1. The Balaban J connectivity index is 2.23. The molecule has 0 saturated heterocycles. The van der Waals surface area contributed by atoms with Crippen molar-refractivity contribution in [3.63, 3.8) is 0 Å². The van der Waals surface area contributed by atoms with Crippen molar-refractivity contribution in [2.45, 2.75) is 24.9 Å². The van der Waals surface area contributed by atoms with Crippen LogP contribution in [0.5, 0.6) is 0 Å². The number of ether oxygens (including phenoxy) is 1. The maximum atomic E-state index is 14.8. The van der Waals surface area contributed by atoms with Crippen molar-refractivity contribution in [3.8, 4) is 0 Å². The lowest BCUT2D eigenvalue weighted by molar-refractivity contribution is -0.137. The van der Waals surface area contributed by atoms with E-state index >= 15 is 0 Å². The lowest BCUT2D eigenvalue weighted by atomic mass is 10.2. The Bertz CT molecular complexity index is 1760. The Morgan fingerprint density at radius 1 is 1.00 bits per heavy atom. The fourth-order valence-electron chi connectivity index (χ4n) is 4.20. The van der Waals surface area contributed by atoms with Crippen LogP contribution < -0.4 is 10.6 Å². The molecule has 1 aromatic heterocycles. The Morgan fingerprint density at radius 2 is 1.68 bits per heavy atom. The van der Waals surface area contributed by atoms with Crippen molar-refractivity contribution in [2.75, 3.05) is 13.2 Å². The number of hydrogen-bond acceptors (Lipinski definition) is 6. The Morgan fingerprint density at radius 3 is 2.27 bits per heavy atom. The van der Waals surface area contributed by atoms with Gasteiger partial charge in [-0.1, -0.05) is 29.8 Å². The van der Waals surface area contributed by atoms with E-state index in [9.17, 15) is 35.3 Å².